The van der Waals surface area contributed by atoms with Gasteiger partial charge in [-0.15, -0.1) is 11.8 Å². The first kappa shape index (κ1) is 24.6. The maximum Gasteiger partial charge on any atom is 0.316 e. The Balaban J connectivity index is 1.56. The van der Waals surface area contributed by atoms with Gasteiger partial charge >= 0.3 is 5.97 Å². The monoisotopic (exact) mass is 496 g/mol. The molecule has 0 bridgehead atoms. The number of hydrogen-bond donors (Lipinski definition) is 1. The van der Waals surface area contributed by atoms with Crippen molar-refractivity contribution >= 4 is 50.9 Å². The number of thioether (sulfide) groups is 1. The quantitative estimate of drug-likeness (QED) is 0.437. The van der Waals surface area contributed by atoms with E-state index in [9.17, 15) is 18.0 Å². The van der Waals surface area contributed by atoms with Crippen LogP contribution in [-0.2, 0) is 24.3 Å². The van der Waals surface area contributed by atoms with Crippen molar-refractivity contribution in [3.63, 3.8) is 0 Å². The van der Waals surface area contributed by atoms with Crippen molar-refractivity contribution in [2.45, 2.75) is 36.0 Å². The first-order valence-corrected chi connectivity index (χ1v) is 13.0. The molecule has 32 heavy (non-hydrogen) atoms. The van der Waals surface area contributed by atoms with Gasteiger partial charge in [0.25, 0.3) is 5.91 Å². The highest BCUT2D eigenvalue weighted by Gasteiger charge is 2.26. The molecule has 3 rings (SSSR count). The topological polar surface area (TPSA) is 92.8 Å². The number of carbonyl (C=O) groups is 2. The Morgan fingerprint density at radius 2 is 1.84 bits per heavy atom. The molecule has 7 nitrogen and oxygen atoms in total. The molecule has 0 unspecified atom stereocenters. The maximum absolute atomic E-state index is 12.9. The number of amides is 1. The summed E-state index contributed by atoms with van der Waals surface area (Å²) in [6.45, 7) is 2.30. The minimum absolute atomic E-state index is 0.0135. The van der Waals surface area contributed by atoms with Gasteiger partial charge in [-0.1, -0.05) is 36.2 Å². The zero-order valence-electron chi connectivity index (χ0n) is 17.7. The van der Waals surface area contributed by atoms with Gasteiger partial charge in [-0.3, -0.25) is 9.59 Å². The predicted octanol–water partition coefficient (Wildman–Crippen LogP) is 4.10. The number of halogens is 1. The second kappa shape index (κ2) is 11.2. The molecular weight excluding hydrogens is 472 g/mol. The van der Waals surface area contributed by atoms with Gasteiger partial charge in [-0.2, -0.15) is 4.31 Å². The molecule has 1 N–H and O–H groups in total. The van der Waals surface area contributed by atoms with E-state index in [1.807, 2.05) is 6.07 Å². The highest BCUT2D eigenvalue weighted by molar-refractivity contribution is 8.00. The molecule has 0 saturated carbocycles. The summed E-state index contributed by atoms with van der Waals surface area (Å²) in [5.74, 6) is -1.08. The van der Waals surface area contributed by atoms with Crippen LogP contribution in [-0.4, -0.2) is 50.0 Å². The van der Waals surface area contributed by atoms with Gasteiger partial charge in [-0.25, -0.2) is 8.42 Å². The van der Waals surface area contributed by atoms with E-state index in [0.29, 0.717) is 29.4 Å². The third-order valence-corrected chi connectivity index (χ3v) is 8.37. The molecule has 0 atom stereocenters. The molecule has 172 valence electrons. The first-order valence-electron chi connectivity index (χ1n) is 10.2. The van der Waals surface area contributed by atoms with E-state index in [1.54, 1.807) is 37.3 Å². The molecule has 1 heterocycles. The molecule has 1 saturated heterocycles. The van der Waals surface area contributed by atoms with Gasteiger partial charge in [-0.05, 0) is 49.6 Å². The van der Waals surface area contributed by atoms with Crippen LogP contribution in [0, 0.1) is 6.92 Å². The number of nitrogens with one attached hydrogen (secondary N) is 1. The lowest BCUT2D eigenvalue weighted by molar-refractivity contribution is -0.144. The fraction of sp³-hybridized carbons (Fsp3) is 0.364. The summed E-state index contributed by atoms with van der Waals surface area (Å²) in [4.78, 5) is 25.1. The number of rotatable bonds is 8. The third kappa shape index (κ3) is 6.48. The number of esters is 1. The van der Waals surface area contributed by atoms with E-state index < -0.39 is 28.5 Å². The smallest absolute Gasteiger partial charge is 0.316 e. The fourth-order valence-electron chi connectivity index (χ4n) is 3.22. The van der Waals surface area contributed by atoms with Crippen LogP contribution >= 0.6 is 23.4 Å². The average molecular weight is 497 g/mol. The number of hydrogen-bond acceptors (Lipinski definition) is 6. The van der Waals surface area contributed by atoms with Crippen LogP contribution in [0.3, 0.4) is 0 Å². The third-order valence-electron chi connectivity index (χ3n) is 4.98. The summed E-state index contributed by atoms with van der Waals surface area (Å²) in [6.07, 6.45) is 2.71. The molecule has 1 amide bonds. The van der Waals surface area contributed by atoms with Crippen molar-refractivity contribution < 1.29 is 22.7 Å². The van der Waals surface area contributed by atoms with Crippen LogP contribution in [0.2, 0.25) is 5.02 Å². The number of anilines is 1. The lowest BCUT2D eigenvalue weighted by atomic mass is 10.2. The molecule has 2 aromatic rings. The van der Waals surface area contributed by atoms with Crippen LogP contribution in [0.25, 0.3) is 0 Å². The predicted molar refractivity (Wildman–Crippen MR) is 126 cm³/mol. The highest BCUT2D eigenvalue weighted by Crippen LogP contribution is 2.27. The largest absolute Gasteiger partial charge is 0.455 e. The minimum atomic E-state index is -3.62. The average Bonchev–Trinajstić information content (AvgIpc) is 2.79. The summed E-state index contributed by atoms with van der Waals surface area (Å²) in [7, 11) is -3.62. The normalized spacial score (nSPS) is 14.7. The van der Waals surface area contributed by atoms with Crippen LogP contribution in [0.1, 0.15) is 24.8 Å². The molecule has 1 aliphatic rings. The van der Waals surface area contributed by atoms with Gasteiger partial charge < -0.3 is 10.1 Å². The summed E-state index contributed by atoms with van der Waals surface area (Å²) in [5, 5.41) is 3.18. The van der Waals surface area contributed by atoms with E-state index in [2.05, 4.69) is 5.32 Å². The van der Waals surface area contributed by atoms with Crippen LogP contribution < -0.4 is 5.32 Å². The second-order valence-electron chi connectivity index (χ2n) is 7.37. The van der Waals surface area contributed by atoms with E-state index in [1.165, 1.54) is 22.1 Å². The Morgan fingerprint density at radius 1 is 1.12 bits per heavy atom. The maximum atomic E-state index is 12.9. The lowest BCUT2D eigenvalue weighted by Crippen LogP contribution is -2.35. The Hall–Kier alpha value is -2.07. The molecule has 0 radical (unpaired) electrons. The highest BCUT2D eigenvalue weighted by atomic mass is 35.5. The molecule has 2 aromatic carbocycles. The molecule has 1 fully saturated rings. The fourth-order valence-corrected chi connectivity index (χ4v) is 5.80. The Kier molecular flexibility index (Phi) is 8.58. The van der Waals surface area contributed by atoms with Crippen molar-refractivity contribution in [2.75, 3.05) is 30.8 Å². The second-order valence-corrected chi connectivity index (χ2v) is 10.7. The van der Waals surface area contributed by atoms with Gasteiger partial charge in [0.2, 0.25) is 10.0 Å². The van der Waals surface area contributed by atoms with Crippen LogP contribution in [0.15, 0.2) is 52.3 Å². The summed E-state index contributed by atoms with van der Waals surface area (Å²) >= 11 is 7.27. The number of sulfonamides is 1. The SMILES string of the molecule is Cc1ccc(S(=O)(=O)N2CCCCC2)cc1NC(=O)COC(=O)CSc1ccccc1Cl. The molecule has 10 heteroatoms. The molecule has 0 spiro atoms. The van der Waals surface area contributed by atoms with E-state index >= 15 is 0 Å². The number of nitrogens with zero attached hydrogens (tertiary/aromatic N) is 1. The number of aryl methyl sites for hydroxylation is 1. The molecule has 0 aromatic heterocycles. The van der Waals surface area contributed by atoms with E-state index in [-0.39, 0.29) is 10.6 Å². The van der Waals surface area contributed by atoms with Gasteiger partial charge in [0.05, 0.1) is 15.7 Å². The standard InChI is InChI=1S/C22H25ClN2O5S2/c1-16-9-10-17(32(28,29)25-11-5-2-6-12-25)13-19(16)24-21(26)14-30-22(27)15-31-20-8-4-3-7-18(20)23/h3-4,7-10,13H,2,5-6,11-12,14-15H2,1H3,(H,24,26). The molecule has 1 aliphatic heterocycles. The number of benzene rings is 2. The van der Waals surface area contributed by atoms with Crippen molar-refractivity contribution in [3.8, 4) is 0 Å². The Labute approximate surface area is 197 Å². The summed E-state index contributed by atoms with van der Waals surface area (Å²) in [5.41, 5.74) is 1.08. The number of carbonyl (C=O) groups excluding carboxylic acids is 2. The summed E-state index contributed by atoms with van der Waals surface area (Å²) < 4.78 is 32.3. The number of piperidine rings is 1. The van der Waals surface area contributed by atoms with E-state index in [0.717, 1.165) is 24.2 Å². The first-order chi connectivity index (χ1) is 15.3. The number of ether oxygens (including phenoxy) is 1. The Morgan fingerprint density at radius 3 is 2.56 bits per heavy atom. The van der Waals surface area contributed by atoms with Crippen LogP contribution in [0.5, 0.6) is 0 Å². The van der Waals surface area contributed by atoms with Crippen molar-refractivity contribution in [3.05, 3.63) is 53.1 Å². The van der Waals surface area contributed by atoms with Crippen molar-refractivity contribution in [1.82, 2.24) is 4.31 Å². The van der Waals surface area contributed by atoms with Crippen molar-refractivity contribution in [1.29, 1.82) is 0 Å². The zero-order chi connectivity index (χ0) is 23.1. The molecule has 0 aliphatic carbocycles. The van der Waals surface area contributed by atoms with Crippen molar-refractivity contribution in [2.24, 2.45) is 0 Å². The zero-order valence-corrected chi connectivity index (χ0v) is 20.1. The molecular formula is C22H25ClN2O5S2. The van der Waals surface area contributed by atoms with Gasteiger partial charge in [0.1, 0.15) is 0 Å². The van der Waals surface area contributed by atoms with Gasteiger partial charge in [0, 0.05) is 23.7 Å². The van der Waals surface area contributed by atoms with Crippen LogP contribution in [0.4, 0.5) is 5.69 Å². The Bertz CT molecular complexity index is 1090. The lowest BCUT2D eigenvalue weighted by Gasteiger charge is -2.26. The minimum Gasteiger partial charge on any atom is -0.455 e. The van der Waals surface area contributed by atoms with Gasteiger partial charge in [0.15, 0.2) is 6.61 Å². The summed E-state index contributed by atoms with van der Waals surface area (Å²) in [6, 6.07) is 11.8. The van der Waals surface area contributed by atoms with E-state index in [4.69, 9.17) is 16.3 Å².